The van der Waals surface area contributed by atoms with Crippen LogP contribution in [0.2, 0.25) is 0 Å². The van der Waals surface area contributed by atoms with Crippen LogP contribution in [0, 0.1) is 0 Å². The molecule has 5 heteroatoms. The Bertz CT molecular complexity index is 408. The van der Waals surface area contributed by atoms with Crippen LogP contribution in [0.15, 0.2) is 23.9 Å². The summed E-state index contributed by atoms with van der Waals surface area (Å²) in [7, 11) is 0. The second kappa shape index (κ2) is 3.34. The van der Waals surface area contributed by atoms with E-state index in [1.807, 2.05) is 0 Å². The second-order valence-electron chi connectivity index (χ2n) is 3.29. The molecule has 1 amide bonds. The van der Waals surface area contributed by atoms with E-state index in [9.17, 15) is 14.4 Å². The molecule has 2 rings (SSSR count). The van der Waals surface area contributed by atoms with Crippen molar-refractivity contribution in [1.29, 1.82) is 0 Å². The first-order valence-corrected chi connectivity index (χ1v) is 4.58. The maximum Gasteiger partial charge on any atom is 0.363 e. The molecule has 0 aromatic heterocycles. The highest BCUT2D eigenvalue weighted by molar-refractivity contribution is 6.15. The SMILES string of the molecule is C=CC1=C(N2CCCC2=O)C(=O)OC1=O. The average Bonchev–Trinajstić information content (AvgIpc) is 2.70. The number of esters is 2. The smallest absolute Gasteiger partial charge is 0.363 e. The van der Waals surface area contributed by atoms with Gasteiger partial charge in [-0.2, -0.15) is 0 Å². The zero-order valence-electron chi connectivity index (χ0n) is 7.99. The molecule has 0 aliphatic carbocycles. The minimum absolute atomic E-state index is 0.0394. The molecule has 0 aromatic carbocycles. The normalized spacial score (nSPS) is 21.3. The highest BCUT2D eigenvalue weighted by Crippen LogP contribution is 2.26. The first-order valence-electron chi connectivity index (χ1n) is 4.58. The molecule has 0 atom stereocenters. The molecule has 0 N–H and O–H groups in total. The lowest BCUT2D eigenvalue weighted by molar-refractivity contribution is -0.152. The molecule has 1 saturated heterocycles. The van der Waals surface area contributed by atoms with Gasteiger partial charge in [0.25, 0.3) is 0 Å². The first kappa shape index (κ1) is 9.64. The van der Waals surface area contributed by atoms with Gasteiger partial charge in [-0.3, -0.25) is 4.79 Å². The molecule has 0 unspecified atom stereocenters. The number of rotatable bonds is 2. The topological polar surface area (TPSA) is 63.7 Å². The number of hydrogen-bond donors (Lipinski definition) is 0. The quantitative estimate of drug-likeness (QED) is 0.477. The fourth-order valence-electron chi connectivity index (χ4n) is 1.71. The van der Waals surface area contributed by atoms with Gasteiger partial charge in [0, 0.05) is 13.0 Å². The van der Waals surface area contributed by atoms with Crippen molar-refractivity contribution in [3.05, 3.63) is 23.9 Å². The fourth-order valence-corrected chi connectivity index (χ4v) is 1.71. The molecule has 15 heavy (non-hydrogen) atoms. The maximum absolute atomic E-state index is 11.4. The van der Waals surface area contributed by atoms with Crippen LogP contribution >= 0.6 is 0 Å². The van der Waals surface area contributed by atoms with E-state index < -0.39 is 11.9 Å². The Balaban J connectivity index is 2.44. The van der Waals surface area contributed by atoms with Gasteiger partial charge in [0.05, 0.1) is 5.57 Å². The van der Waals surface area contributed by atoms with Gasteiger partial charge in [0.15, 0.2) is 0 Å². The van der Waals surface area contributed by atoms with Crippen molar-refractivity contribution in [2.24, 2.45) is 0 Å². The van der Waals surface area contributed by atoms with E-state index in [-0.39, 0.29) is 17.2 Å². The highest BCUT2D eigenvalue weighted by Gasteiger charge is 2.38. The number of carbonyl (C=O) groups excluding carboxylic acids is 3. The van der Waals surface area contributed by atoms with Crippen LogP contribution in [-0.2, 0) is 19.1 Å². The summed E-state index contributed by atoms with van der Waals surface area (Å²) in [5.74, 6) is -1.65. The van der Waals surface area contributed by atoms with Crippen LogP contribution in [-0.4, -0.2) is 29.3 Å². The molecule has 1 fully saturated rings. The highest BCUT2D eigenvalue weighted by atomic mass is 16.6. The van der Waals surface area contributed by atoms with E-state index in [0.29, 0.717) is 19.4 Å². The van der Waals surface area contributed by atoms with E-state index in [1.165, 1.54) is 11.0 Å². The van der Waals surface area contributed by atoms with Crippen molar-refractivity contribution in [3.8, 4) is 0 Å². The van der Waals surface area contributed by atoms with Gasteiger partial charge in [0.2, 0.25) is 5.91 Å². The summed E-state index contributed by atoms with van der Waals surface area (Å²) in [6, 6.07) is 0. The summed E-state index contributed by atoms with van der Waals surface area (Å²) in [5, 5.41) is 0. The predicted molar refractivity (Wildman–Crippen MR) is 49.3 cm³/mol. The van der Waals surface area contributed by atoms with E-state index in [0.717, 1.165) is 0 Å². The molecular formula is C10H9NO4. The Morgan fingerprint density at radius 3 is 2.53 bits per heavy atom. The summed E-state index contributed by atoms with van der Waals surface area (Å²) in [6.07, 6.45) is 2.33. The van der Waals surface area contributed by atoms with Gasteiger partial charge in [0.1, 0.15) is 5.70 Å². The Hall–Kier alpha value is -1.91. The zero-order chi connectivity index (χ0) is 11.0. The number of likely N-dealkylation sites (tertiary alicyclic amines) is 1. The molecule has 0 radical (unpaired) electrons. The van der Waals surface area contributed by atoms with Crippen LogP contribution < -0.4 is 0 Å². The van der Waals surface area contributed by atoms with Crippen molar-refractivity contribution in [3.63, 3.8) is 0 Å². The number of cyclic esters (lactones) is 2. The largest absolute Gasteiger partial charge is 0.385 e. The Morgan fingerprint density at radius 2 is 2.00 bits per heavy atom. The molecule has 0 saturated carbocycles. The van der Waals surface area contributed by atoms with E-state index >= 15 is 0 Å². The van der Waals surface area contributed by atoms with Gasteiger partial charge >= 0.3 is 11.9 Å². The predicted octanol–water partition coefficient (Wildman–Crippen LogP) is 0.132. The molecule has 2 aliphatic heterocycles. The molecule has 0 spiro atoms. The van der Waals surface area contributed by atoms with E-state index in [1.54, 1.807) is 0 Å². The third-order valence-corrected chi connectivity index (χ3v) is 2.40. The second-order valence-corrected chi connectivity index (χ2v) is 3.29. The third-order valence-electron chi connectivity index (χ3n) is 2.40. The number of ether oxygens (including phenoxy) is 1. The Kier molecular flexibility index (Phi) is 2.15. The van der Waals surface area contributed by atoms with Crippen LogP contribution in [0.1, 0.15) is 12.8 Å². The number of amides is 1. The van der Waals surface area contributed by atoms with Crippen molar-refractivity contribution in [2.45, 2.75) is 12.8 Å². The van der Waals surface area contributed by atoms with Crippen LogP contribution in [0.3, 0.4) is 0 Å². The maximum atomic E-state index is 11.4. The lowest BCUT2D eigenvalue weighted by Gasteiger charge is -2.14. The van der Waals surface area contributed by atoms with Gasteiger partial charge in [-0.05, 0) is 6.42 Å². The van der Waals surface area contributed by atoms with Crippen molar-refractivity contribution >= 4 is 17.8 Å². The van der Waals surface area contributed by atoms with E-state index in [4.69, 9.17) is 0 Å². The van der Waals surface area contributed by atoms with Gasteiger partial charge in [-0.25, -0.2) is 9.59 Å². The van der Waals surface area contributed by atoms with Crippen molar-refractivity contribution in [2.75, 3.05) is 6.54 Å². The van der Waals surface area contributed by atoms with Gasteiger partial charge < -0.3 is 9.64 Å². The minimum atomic E-state index is -0.759. The fraction of sp³-hybridized carbons (Fsp3) is 0.300. The van der Waals surface area contributed by atoms with Crippen LogP contribution in [0.4, 0.5) is 0 Å². The monoisotopic (exact) mass is 207 g/mol. The molecule has 2 heterocycles. The zero-order valence-corrected chi connectivity index (χ0v) is 7.99. The lowest BCUT2D eigenvalue weighted by Crippen LogP contribution is -2.27. The first-order chi connectivity index (χ1) is 7.15. The summed E-state index contributed by atoms with van der Waals surface area (Å²) in [6.45, 7) is 3.88. The Morgan fingerprint density at radius 1 is 1.27 bits per heavy atom. The summed E-state index contributed by atoms with van der Waals surface area (Å²) in [5.41, 5.74) is 0.118. The van der Waals surface area contributed by atoms with Crippen molar-refractivity contribution in [1.82, 2.24) is 4.90 Å². The Labute approximate surface area is 86.0 Å². The molecular weight excluding hydrogens is 198 g/mol. The summed E-state index contributed by atoms with van der Waals surface area (Å²) in [4.78, 5) is 35.2. The molecule has 0 aromatic rings. The molecule has 2 aliphatic rings. The number of hydrogen-bond acceptors (Lipinski definition) is 4. The third kappa shape index (κ3) is 1.36. The average molecular weight is 207 g/mol. The van der Waals surface area contributed by atoms with E-state index in [2.05, 4.69) is 11.3 Å². The van der Waals surface area contributed by atoms with Gasteiger partial charge in [-0.15, -0.1) is 0 Å². The molecule has 0 bridgehead atoms. The van der Waals surface area contributed by atoms with Crippen LogP contribution in [0.5, 0.6) is 0 Å². The molecule has 5 nitrogen and oxygen atoms in total. The lowest BCUT2D eigenvalue weighted by atomic mass is 10.2. The van der Waals surface area contributed by atoms with Gasteiger partial charge in [-0.1, -0.05) is 12.7 Å². The summed E-state index contributed by atoms with van der Waals surface area (Å²) < 4.78 is 4.42. The molecule has 78 valence electrons. The summed E-state index contributed by atoms with van der Waals surface area (Å²) >= 11 is 0. The minimum Gasteiger partial charge on any atom is -0.385 e. The van der Waals surface area contributed by atoms with Crippen molar-refractivity contribution < 1.29 is 19.1 Å². The standard InChI is InChI=1S/C10H9NO4/c1-2-6-8(10(14)15-9(6)13)11-5-3-4-7(11)12/h2H,1,3-5H2. The number of nitrogens with zero attached hydrogens (tertiary/aromatic N) is 1. The number of carbonyl (C=O) groups is 3. The van der Waals surface area contributed by atoms with Crippen LogP contribution in [0.25, 0.3) is 0 Å².